The van der Waals surface area contributed by atoms with Gasteiger partial charge in [0.15, 0.2) is 0 Å². The summed E-state index contributed by atoms with van der Waals surface area (Å²) in [6.45, 7) is 1.69. The van der Waals surface area contributed by atoms with Gasteiger partial charge in [-0.25, -0.2) is 0 Å². The number of thioether (sulfide) groups is 1. The highest BCUT2D eigenvalue weighted by molar-refractivity contribution is 8.00. The Kier molecular flexibility index (Phi) is 3.34. The second kappa shape index (κ2) is 4.53. The Bertz CT molecular complexity index is 216. The molecule has 3 nitrogen and oxygen atoms in total. The fraction of sp³-hybridized carbons (Fsp3) is 0.900. The Balaban J connectivity index is 1.89. The molecule has 2 unspecified atom stereocenters. The first-order chi connectivity index (χ1) is 6.77. The van der Waals surface area contributed by atoms with E-state index < -0.39 is 0 Å². The minimum Gasteiger partial charge on any atom is -0.340 e. The Morgan fingerprint density at radius 2 is 2.21 bits per heavy atom. The third-order valence-corrected chi connectivity index (χ3v) is 4.34. The van der Waals surface area contributed by atoms with Gasteiger partial charge in [0.25, 0.3) is 0 Å². The highest BCUT2D eigenvalue weighted by Crippen LogP contribution is 2.28. The molecule has 0 aliphatic carbocycles. The monoisotopic (exact) mass is 214 g/mol. The summed E-state index contributed by atoms with van der Waals surface area (Å²) in [6.07, 6.45) is 4.40. The van der Waals surface area contributed by atoms with Crippen molar-refractivity contribution >= 4 is 17.7 Å². The average Bonchev–Trinajstić information content (AvgIpc) is 2.69. The molecule has 80 valence electrons. The Labute approximate surface area is 89.4 Å². The summed E-state index contributed by atoms with van der Waals surface area (Å²) in [5.74, 6) is 1.48. The first-order valence-corrected chi connectivity index (χ1v) is 6.48. The van der Waals surface area contributed by atoms with Crippen LogP contribution in [0.2, 0.25) is 0 Å². The fourth-order valence-electron chi connectivity index (χ4n) is 2.19. The number of piperidine rings is 1. The predicted molar refractivity (Wildman–Crippen MR) is 59.3 cm³/mol. The van der Waals surface area contributed by atoms with Gasteiger partial charge in [-0.15, -0.1) is 11.8 Å². The van der Waals surface area contributed by atoms with Crippen LogP contribution < -0.4 is 5.73 Å². The second-order valence-corrected chi connectivity index (χ2v) is 5.50. The molecule has 4 heteroatoms. The predicted octanol–water partition coefficient (Wildman–Crippen LogP) is 0.832. The molecule has 0 radical (unpaired) electrons. The number of carbonyl (C=O) groups is 1. The molecule has 14 heavy (non-hydrogen) atoms. The van der Waals surface area contributed by atoms with Crippen LogP contribution in [0, 0.1) is 0 Å². The third kappa shape index (κ3) is 2.23. The van der Waals surface area contributed by atoms with Gasteiger partial charge in [0.2, 0.25) is 5.91 Å². The molecule has 2 aliphatic heterocycles. The Hall–Kier alpha value is -0.220. The second-order valence-electron chi connectivity index (χ2n) is 4.19. The van der Waals surface area contributed by atoms with Crippen LogP contribution in [0.3, 0.4) is 0 Å². The number of hydrogen-bond acceptors (Lipinski definition) is 3. The van der Waals surface area contributed by atoms with Crippen LogP contribution in [0.15, 0.2) is 0 Å². The maximum absolute atomic E-state index is 12.0. The molecule has 1 amide bonds. The van der Waals surface area contributed by atoms with Crippen molar-refractivity contribution in [3.05, 3.63) is 0 Å². The molecule has 2 N–H and O–H groups in total. The summed E-state index contributed by atoms with van der Waals surface area (Å²) >= 11 is 1.81. The lowest BCUT2D eigenvalue weighted by Gasteiger charge is -2.32. The van der Waals surface area contributed by atoms with Crippen LogP contribution in [-0.2, 0) is 4.79 Å². The zero-order chi connectivity index (χ0) is 9.97. The zero-order valence-electron chi connectivity index (χ0n) is 8.45. The van der Waals surface area contributed by atoms with Crippen LogP contribution in [0.4, 0.5) is 0 Å². The van der Waals surface area contributed by atoms with Crippen LogP contribution >= 0.6 is 11.8 Å². The largest absolute Gasteiger partial charge is 0.340 e. The van der Waals surface area contributed by atoms with E-state index in [4.69, 9.17) is 5.73 Å². The maximum atomic E-state index is 12.0. The van der Waals surface area contributed by atoms with E-state index in [1.165, 1.54) is 6.42 Å². The zero-order valence-corrected chi connectivity index (χ0v) is 9.26. The van der Waals surface area contributed by atoms with Gasteiger partial charge >= 0.3 is 0 Å². The van der Waals surface area contributed by atoms with Crippen LogP contribution in [0.25, 0.3) is 0 Å². The van der Waals surface area contributed by atoms with Crippen molar-refractivity contribution in [3.8, 4) is 0 Å². The lowest BCUT2D eigenvalue weighted by molar-refractivity contribution is -0.131. The van der Waals surface area contributed by atoms with Gasteiger partial charge < -0.3 is 10.6 Å². The molecule has 0 aromatic carbocycles. The van der Waals surface area contributed by atoms with Gasteiger partial charge in [0.05, 0.1) is 5.25 Å². The molecule has 0 saturated carbocycles. The van der Waals surface area contributed by atoms with Crippen molar-refractivity contribution in [2.45, 2.75) is 37.0 Å². The van der Waals surface area contributed by atoms with Crippen molar-refractivity contribution < 1.29 is 4.79 Å². The number of hydrogen-bond donors (Lipinski definition) is 1. The Morgan fingerprint density at radius 1 is 1.36 bits per heavy atom. The minimum absolute atomic E-state index is 0.208. The van der Waals surface area contributed by atoms with E-state index in [1.807, 2.05) is 16.7 Å². The van der Waals surface area contributed by atoms with Gasteiger partial charge in [-0.2, -0.15) is 0 Å². The van der Waals surface area contributed by atoms with E-state index in [-0.39, 0.29) is 11.3 Å². The van der Waals surface area contributed by atoms with E-state index in [0.717, 1.165) is 38.1 Å². The van der Waals surface area contributed by atoms with Crippen molar-refractivity contribution in [2.75, 3.05) is 18.8 Å². The third-order valence-electron chi connectivity index (χ3n) is 2.97. The number of amides is 1. The summed E-state index contributed by atoms with van der Waals surface area (Å²) in [5.41, 5.74) is 5.86. The summed E-state index contributed by atoms with van der Waals surface area (Å²) in [7, 11) is 0. The van der Waals surface area contributed by atoms with Crippen LogP contribution in [-0.4, -0.2) is 40.9 Å². The number of nitrogens with zero attached hydrogens (tertiary/aromatic N) is 1. The Morgan fingerprint density at radius 3 is 2.86 bits per heavy atom. The summed E-state index contributed by atoms with van der Waals surface area (Å²) in [6, 6.07) is 0.208. The normalized spacial score (nSPS) is 33.4. The van der Waals surface area contributed by atoms with Crippen LogP contribution in [0.1, 0.15) is 25.7 Å². The van der Waals surface area contributed by atoms with E-state index in [1.54, 1.807) is 0 Å². The number of nitrogens with two attached hydrogens (primary N) is 1. The molecular weight excluding hydrogens is 196 g/mol. The molecule has 2 atom stereocenters. The van der Waals surface area contributed by atoms with E-state index in [9.17, 15) is 4.79 Å². The lowest BCUT2D eigenvalue weighted by Crippen LogP contribution is -2.48. The van der Waals surface area contributed by atoms with Crippen molar-refractivity contribution in [1.82, 2.24) is 4.90 Å². The highest BCUT2D eigenvalue weighted by atomic mass is 32.2. The van der Waals surface area contributed by atoms with E-state index in [0.29, 0.717) is 5.91 Å². The van der Waals surface area contributed by atoms with Gasteiger partial charge in [-0.1, -0.05) is 0 Å². The van der Waals surface area contributed by atoms with Gasteiger partial charge in [-0.3, -0.25) is 4.79 Å². The molecule has 0 spiro atoms. The van der Waals surface area contributed by atoms with Crippen molar-refractivity contribution in [3.63, 3.8) is 0 Å². The molecule has 0 bridgehead atoms. The van der Waals surface area contributed by atoms with E-state index >= 15 is 0 Å². The first kappa shape index (κ1) is 10.3. The molecule has 2 saturated heterocycles. The molecule has 0 aromatic heterocycles. The quantitative estimate of drug-likeness (QED) is 0.703. The molecule has 2 aliphatic rings. The number of rotatable bonds is 1. The maximum Gasteiger partial charge on any atom is 0.235 e. The van der Waals surface area contributed by atoms with Gasteiger partial charge in [-0.05, 0) is 31.4 Å². The average molecular weight is 214 g/mol. The van der Waals surface area contributed by atoms with Gasteiger partial charge in [0.1, 0.15) is 0 Å². The molecular formula is C10H18N2OS. The molecule has 2 fully saturated rings. The van der Waals surface area contributed by atoms with Crippen LogP contribution in [0.5, 0.6) is 0 Å². The SMILES string of the molecule is NC1CCCN(C(=O)C2CCCS2)C1. The summed E-state index contributed by atoms with van der Waals surface area (Å²) in [4.78, 5) is 14.0. The van der Waals surface area contributed by atoms with Crippen molar-refractivity contribution in [1.29, 1.82) is 0 Å². The fourth-order valence-corrected chi connectivity index (χ4v) is 3.43. The highest BCUT2D eigenvalue weighted by Gasteiger charge is 2.29. The summed E-state index contributed by atoms with van der Waals surface area (Å²) < 4.78 is 0. The molecule has 2 rings (SSSR count). The van der Waals surface area contributed by atoms with E-state index in [2.05, 4.69) is 0 Å². The lowest BCUT2D eigenvalue weighted by atomic mass is 10.1. The standard InChI is InChI=1S/C10H18N2OS/c11-8-3-1-5-12(7-8)10(13)9-4-2-6-14-9/h8-9H,1-7,11H2. The first-order valence-electron chi connectivity index (χ1n) is 5.43. The van der Waals surface area contributed by atoms with Crippen molar-refractivity contribution in [2.24, 2.45) is 5.73 Å². The van der Waals surface area contributed by atoms with Gasteiger partial charge in [0, 0.05) is 19.1 Å². The minimum atomic E-state index is 0.208. The summed E-state index contributed by atoms with van der Waals surface area (Å²) in [5, 5.41) is 0.236. The molecule has 0 aromatic rings. The molecule has 2 heterocycles. The topological polar surface area (TPSA) is 46.3 Å². The number of carbonyl (C=O) groups excluding carboxylic acids is 1. The smallest absolute Gasteiger partial charge is 0.235 e. The number of likely N-dealkylation sites (tertiary alicyclic amines) is 1.